The van der Waals surface area contributed by atoms with Crippen molar-refractivity contribution in [2.45, 2.75) is 19.0 Å². The number of rotatable bonds is 5. The van der Waals surface area contributed by atoms with Gasteiger partial charge in [0, 0.05) is 61.9 Å². The lowest BCUT2D eigenvalue weighted by Crippen LogP contribution is -2.43. The van der Waals surface area contributed by atoms with E-state index in [2.05, 4.69) is 31.2 Å². The van der Waals surface area contributed by atoms with Gasteiger partial charge in [-0.05, 0) is 30.7 Å². The molecule has 5 rings (SSSR count). The van der Waals surface area contributed by atoms with Gasteiger partial charge in [0.1, 0.15) is 12.4 Å². The number of benzene rings is 1. The van der Waals surface area contributed by atoms with Crippen LogP contribution < -0.4 is 15.0 Å². The summed E-state index contributed by atoms with van der Waals surface area (Å²) in [6.45, 7) is 3.91. The number of hydrogen-bond donors (Lipinski definition) is 1. The maximum absolute atomic E-state index is 12.7. The van der Waals surface area contributed by atoms with E-state index in [-0.39, 0.29) is 11.9 Å². The molecule has 8 nitrogen and oxygen atoms in total. The van der Waals surface area contributed by atoms with Crippen LogP contribution in [-0.2, 0) is 11.3 Å². The van der Waals surface area contributed by atoms with E-state index in [0.29, 0.717) is 25.6 Å². The van der Waals surface area contributed by atoms with Gasteiger partial charge in [0.05, 0.1) is 12.2 Å². The molecule has 0 aliphatic carbocycles. The molecule has 4 heterocycles. The fourth-order valence-corrected chi connectivity index (χ4v) is 4.23. The summed E-state index contributed by atoms with van der Waals surface area (Å²) in [5, 5.41) is 3.19. The minimum absolute atomic E-state index is 0.0428. The summed E-state index contributed by atoms with van der Waals surface area (Å²) in [5.41, 5.74) is 2.93. The second kappa shape index (κ2) is 9.32. The zero-order chi connectivity index (χ0) is 21.8. The van der Waals surface area contributed by atoms with Crippen LogP contribution in [-0.4, -0.2) is 64.6 Å². The Morgan fingerprint density at radius 3 is 2.97 bits per heavy atom. The number of amides is 1. The largest absolute Gasteiger partial charge is 0.492 e. The van der Waals surface area contributed by atoms with E-state index in [9.17, 15) is 4.79 Å². The van der Waals surface area contributed by atoms with Crippen molar-refractivity contribution in [3.63, 3.8) is 0 Å². The van der Waals surface area contributed by atoms with Crippen LogP contribution in [0.2, 0.25) is 0 Å². The number of hydrogen-bond acceptors (Lipinski definition) is 7. The van der Waals surface area contributed by atoms with Crippen molar-refractivity contribution in [2.75, 3.05) is 37.7 Å². The summed E-state index contributed by atoms with van der Waals surface area (Å²) in [5.74, 6) is 1.64. The lowest BCUT2D eigenvalue weighted by molar-refractivity contribution is -0.123. The molecule has 2 aliphatic rings. The summed E-state index contributed by atoms with van der Waals surface area (Å²) in [7, 11) is 0. The Bertz CT molecular complexity index is 1080. The summed E-state index contributed by atoms with van der Waals surface area (Å²) in [6, 6.07) is 13.9. The van der Waals surface area contributed by atoms with Crippen molar-refractivity contribution < 1.29 is 9.53 Å². The highest BCUT2D eigenvalue weighted by Crippen LogP contribution is 2.23. The zero-order valence-electron chi connectivity index (χ0n) is 17.9. The Morgan fingerprint density at radius 1 is 1.12 bits per heavy atom. The molecular weight excluding hydrogens is 404 g/mol. The first-order valence-corrected chi connectivity index (χ1v) is 11.0. The molecule has 8 heteroatoms. The second-order valence-corrected chi connectivity index (χ2v) is 8.15. The molecule has 0 radical (unpaired) electrons. The first kappa shape index (κ1) is 20.4. The third-order valence-corrected chi connectivity index (χ3v) is 5.84. The molecule has 0 bridgehead atoms. The molecule has 3 aromatic rings. The molecule has 1 unspecified atom stereocenters. The predicted molar refractivity (Wildman–Crippen MR) is 121 cm³/mol. The summed E-state index contributed by atoms with van der Waals surface area (Å²) >= 11 is 0. The van der Waals surface area contributed by atoms with Crippen LogP contribution in [0, 0.1) is 0 Å². The van der Waals surface area contributed by atoms with Crippen LogP contribution in [0.15, 0.2) is 61.1 Å². The van der Waals surface area contributed by atoms with Gasteiger partial charge >= 0.3 is 0 Å². The maximum Gasteiger partial charge on any atom is 0.234 e. The van der Waals surface area contributed by atoms with Crippen LogP contribution in [0.25, 0.3) is 11.3 Å². The Hall–Kier alpha value is -3.52. The first-order valence-electron chi connectivity index (χ1n) is 11.0. The highest BCUT2D eigenvalue weighted by Gasteiger charge is 2.27. The van der Waals surface area contributed by atoms with Gasteiger partial charge < -0.3 is 15.0 Å². The van der Waals surface area contributed by atoms with Crippen LogP contribution >= 0.6 is 0 Å². The number of ether oxygens (including phenoxy) is 1. The first-order chi connectivity index (χ1) is 15.7. The van der Waals surface area contributed by atoms with Gasteiger partial charge in [-0.25, -0.2) is 9.97 Å². The Kier molecular flexibility index (Phi) is 5.93. The molecule has 32 heavy (non-hydrogen) atoms. The molecule has 2 aliphatic heterocycles. The van der Waals surface area contributed by atoms with Crippen molar-refractivity contribution in [1.29, 1.82) is 0 Å². The Labute approximate surface area is 187 Å². The van der Waals surface area contributed by atoms with E-state index < -0.39 is 0 Å². The monoisotopic (exact) mass is 430 g/mol. The van der Waals surface area contributed by atoms with Crippen molar-refractivity contribution >= 4 is 11.9 Å². The number of anilines is 1. The van der Waals surface area contributed by atoms with E-state index in [0.717, 1.165) is 48.6 Å². The molecule has 1 fully saturated rings. The Balaban J connectivity index is 1.17. The number of carbonyl (C=O) groups excluding carboxylic acids is 1. The molecule has 1 N–H and O–H groups in total. The van der Waals surface area contributed by atoms with Crippen LogP contribution in [0.5, 0.6) is 5.75 Å². The molecule has 0 saturated carbocycles. The molecular formula is C24H26N6O2. The summed E-state index contributed by atoms with van der Waals surface area (Å²) < 4.78 is 5.80. The highest BCUT2D eigenvalue weighted by molar-refractivity contribution is 5.78. The van der Waals surface area contributed by atoms with Crippen LogP contribution in [0.4, 0.5) is 5.95 Å². The van der Waals surface area contributed by atoms with Crippen molar-refractivity contribution in [1.82, 2.24) is 25.2 Å². The Morgan fingerprint density at radius 2 is 2.06 bits per heavy atom. The number of pyridine rings is 1. The normalized spacial score (nSPS) is 18.5. The van der Waals surface area contributed by atoms with Gasteiger partial charge in [0.15, 0.2) is 0 Å². The van der Waals surface area contributed by atoms with Gasteiger partial charge in [-0.2, -0.15) is 0 Å². The molecule has 0 spiro atoms. The van der Waals surface area contributed by atoms with Gasteiger partial charge in [-0.1, -0.05) is 18.2 Å². The lowest BCUT2D eigenvalue weighted by atomic mass is 10.2. The topological polar surface area (TPSA) is 83.5 Å². The number of aromatic nitrogens is 3. The fraction of sp³-hybridized carbons (Fsp3) is 0.333. The van der Waals surface area contributed by atoms with Crippen molar-refractivity contribution in [3.8, 4) is 17.0 Å². The van der Waals surface area contributed by atoms with E-state index >= 15 is 0 Å². The molecule has 1 amide bonds. The second-order valence-electron chi connectivity index (χ2n) is 8.15. The number of fused-ring (bicyclic) bond motifs is 1. The van der Waals surface area contributed by atoms with Gasteiger partial charge in [-0.3, -0.25) is 14.7 Å². The smallest absolute Gasteiger partial charge is 0.234 e. The standard InChI is InChI=1S/C24H26N6O2/c31-23(17-29-12-13-32-22-6-2-1-4-19(22)15-29)27-20-8-11-30(16-20)24-26-10-7-21(28-24)18-5-3-9-25-14-18/h1-7,9-10,14,20H,8,11-13,15-17H2,(H,27,31). The van der Waals surface area contributed by atoms with Gasteiger partial charge in [0.25, 0.3) is 0 Å². The SMILES string of the molecule is O=C(CN1CCOc2ccccc2C1)NC1CCN(c2nccc(-c3cccnc3)n2)C1. The minimum atomic E-state index is 0.0428. The summed E-state index contributed by atoms with van der Waals surface area (Å²) in [6.07, 6.45) is 6.19. The lowest BCUT2D eigenvalue weighted by Gasteiger charge is -2.21. The zero-order valence-corrected chi connectivity index (χ0v) is 17.9. The third-order valence-electron chi connectivity index (χ3n) is 5.84. The number of para-hydroxylation sites is 1. The molecule has 2 aromatic heterocycles. The maximum atomic E-state index is 12.7. The van der Waals surface area contributed by atoms with E-state index in [1.807, 2.05) is 36.4 Å². The molecule has 1 aromatic carbocycles. The van der Waals surface area contributed by atoms with E-state index in [1.165, 1.54) is 0 Å². The predicted octanol–water partition coefficient (Wildman–Crippen LogP) is 2.13. The van der Waals surface area contributed by atoms with Crippen LogP contribution in [0.1, 0.15) is 12.0 Å². The minimum Gasteiger partial charge on any atom is -0.492 e. The van der Waals surface area contributed by atoms with E-state index in [1.54, 1.807) is 18.6 Å². The average Bonchev–Trinajstić information content (AvgIpc) is 3.19. The van der Waals surface area contributed by atoms with E-state index in [4.69, 9.17) is 9.72 Å². The number of nitrogens with one attached hydrogen (secondary N) is 1. The number of carbonyl (C=O) groups is 1. The third kappa shape index (κ3) is 4.70. The number of nitrogens with zero attached hydrogens (tertiary/aromatic N) is 5. The average molecular weight is 431 g/mol. The fourth-order valence-electron chi connectivity index (χ4n) is 4.23. The highest BCUT2D eigenvalue weighted by atomic mass is 16.5. The van der Waals surface area contributed by atoms with Gasteiger partial charge in [0.2, 0.25) is 11.9 Å². The molecule has 1 atom stereocenters. The van der Waals surface area contributed by atoms with Gasteiger partial charge in [-0.15, -0.1) is 0 Å². The summed E-state index contributed by atoms with van der Waals surface area (Å²) in [4.78, 5) is 30.3. The molecule has 1 saturated heterocycles. The van der Waals surface area contributed by atoms with Crippen molar-refractivity contribution in [2.24, 2.45) is 0 Å². The molecule has 164 valence electrons. The van der Waals surface area contributed by atoms with Crippen molar-refractivity contribution in [3.05, 3.63) is 66.6 Å². The van der Waals surface area contributed by atoms with Crippen LogP contribution in [0.3, 0.4) is 0 Å². The quantitative estimate of drug-likeness (QED) is 0.664.